The van der Waals surface area contributed by atoms with Crippen molar-refractivity contribution in [3.63, 3.8) is 0 Å². The Kier molecular flexibility index (Phi) is 9.45. The molecule has 1 saturated heterocycles. The largest absolute Gasteiger partial charge is 0.457 e. The number of nitriles is 1. The lowest BCUT2D eigenvalue weighted by molar-refractivity contribution is -0.167. The van der Waals surface area contributed by atoms with Crippen molar-refractivity contribution in [2.75, 3.05) is 23.4 Å². The molecule has 1 heterocycles. The number of morpholine rings is 1. The Balaban J connectivity index is 1.47. The molecule has 3 aromatic rings. The number of nitrogens with zero attached hydrogens (tertiary/aromatic N) is 2. The second-order valence-electron chi connectivity index (χ2n) is 9.25. The SMILES string of the molecule is CCc1cc(NC(=O)C(OC(C)=O)C2OCCN(c3ccc(C(=O)OCc4ccccc4)cc3)C2=O)ccc1C#N. The van der Waals surface area contributed by atoms with E-state index in [4.69, 9.17) is 14.2 Å². The van der Waals surface area contributed by atoms with Crippen molar-refractivity contribution in [3.8, 4) is 6.07 Å². The molecular formula is C31H29N3O7. The zero-order valence-corrected chi connectivity index (χ0v) is 22.7. The molecule has 4 rings (SSSR count). The van der Waals surface area contributed by atoms with Gasteiger partial charge in [0.25, 0.3) is 11.8 Å². The predicted octanol–water partition coefficient (Wildman–Crippen LogP) is 3.78. The van der Waals surface area contributed by atoms with E-state index >= 15 is 0 Å². The van der Waals surface area contributed by atoms with Crippen molar-refractivity contribution in [1.82, 2.24) is 0 Å². The van der Waals surface area contributed by atoms with E-state index < -0.39 is 36.0 Å². The van der Waals surface area contributed by atoms with Crippen LogP contribution in [0.25, 0.3) is 0 Å². The fourth-order valence-electron chi connectivity index (χ4n) is 4.38. The Morgan fingerprint density at radius 1 is 1.10 bits per heavy atom. The molecule has 1 aliphatic rings. The Bertz CT molecular complexity index is 1470. The van der Waals surface area contributed by atoms with Crippen LogP contribution >= 0.6 is 0 Å². The number of amides is 2. The summed E-state index contributed by atoms with van der Waals surface area (Å²) in [6, 6.07) is 22.5. The number of esters is 2. The normalized spacial score (nSPS) is 15.4. The van der Waals surface area contributed by atoms with Gasteiger partial charge in [0.2, 0.25) is 6.10 Å². The van der Waals surface area contributed by atoms with E-state index in [0.717, 1.165) is 18.1 Å². The molecule has 2 amide bonds. The van der Waals surface area contributed by atoms with Gasteiger partial charge in [-0.3, -0.25) is 14.4 Å². The van der Waals surface area contributed by atoms with Gasteiger partial charge < -0.3 is 24.4 Å². The van der Waals surface area contributed by atoms with E-state index in [-0.39, 0.29) is 19.8 Å². The van der Waals surface area contributed by atoms with Crippen molar-refractivity contribution in [1.29, 1.82) is 5.26 Å². The smallest absolute Gasteiger partial charge is 0.338 e. The number of nitrogens with one attached hydrogen (secondary N) is 1. The fourth-order valence-corrected chi connectivity index (χ4v) is 4.38. The second kappa shape index (κ2) is 13.4. The maximum absolute atomic E-state index is 13.5. The number of carbonyl (C=O) groups excluding carboxylic acids is 4. The zero-order valence-electron chi connectivity index (χ0n) is 22.7. The van der Waals surface area contributed by atoms with Gasteiger partial charge in [0.05, 0.1) is 23.8 Å². The summed E-state index contributed by atoms with van der Waals surface area (Å²) in [5.74, 6) is -2.59. The van der Waals surface area contributed by atoms with Crippen molar-refractivity contribution in [2.45, 2.75) is 39.1 Å². The van der Waals surface area contributed by atoms with E-state index in [1.807, 2.05) is 37.3 Å². The van der Waals surface area contributed by atoms with Crippen LogP contribution in [0.15, 0.2) is 72.8 Å². The van der Waals surface area contributed by atoms with Crippen LogP contribution in [0.4, 0.5) is 11.4 Å². The van der Waals surface area contributed by atoms with Crippen LogP contribution in [0, 0.1) is 11.3 Å². The summed E-state index contributed by atoms with van der Waals surface area (Å²) < 4.78 is 16.3. The van der Waals surface area contributed by atoms with Crippen LogP contribution in [-0.4, -0.2) is 49.1 Å². The maximum atomic E-state index is 13.5. The minimum Gasteiger partial charge on any atom is -0.457 e. The maximum Gasteiger partial charge on any atom is 0.338 e. The lowest BCUT2D eigenvalue weighted by atomic mass is 10.0. The highest BCUT2D eigenvalue weighted by molar-refractivity contribution is 6.04. The lowest BCUT2D eigenvalue weighted by Crippen LogP contribution is -2.56. The fraction of sp³-hybridized carbons (Fsp3) is 0.258. The highest BCUT2D eigenvalue weighted by Crippen LogP contribution is 2.24. The zero-order chi connectivity index (χ0) is 29.4. The number of carbonyl (C=O) groups is 4. The summed E-state index contributed by atoms with van der Waals surface area (Å²) in [7, 11) is 0. The molecule has 0 aromatic heterocycles. The first-order valence-electron chi connectivity index (χ1n) is 13.1. The van der Waals surface area contributed by atoms with Crippen LogP contribution < -0.4 is 10.2 Å². The van der Waals surface area contributed by atoms with Crippen molar-refractivity contribution in [2.24, 2.45) is 0 Å². The van der Waals surface area contributed by atoms with E-state index in [9.17, 15) is 24.4 Å². The third-order valence-electron chi connectivity index (χ3n) is 6.45. The highest BCUT2D eigenvalue weighted by atomic mass is 16.6. The first-order valence-corrected chi connectivity index (χ1v) is 13.1. The van der Waals surface area contributed by atoms with Crippen LogP contribution in [0.5, 0.6) is 0 Å². The highest BCUT2D eigenvalue weighted by Gasteiger charge is 2.42. The predicted molar refractivity (Wildman–Crippen MR) is 149 cm³/mol. The molecule has 41 heavy (non-hydrogen) atoms. The van der Waals surface area contributed by atoms with Gasteiger partial charge in [-0.1, -0.05) is 37.3 Å². The lowest BCUT2D eigenvalue weighted by Gasteiger charge is -2.35. The summed E-state index contributed by atoms with van der Waals surface area (Å²) >= 11 is 0. The van der Waals surface area contributed by atoms with E-state index in [1.54, 1.807) is 42.5 Å². The van der Waals surface area contributed by atoms with Crippen LogP contribution in [-0.2, 0) is 41.6 Å². The molecule has 10 heteroatoms. The van der Waals surface area contributed by atoms with Gasteiger partial charge in [0.15, 0.2) is 6.10 Å². The van der Waals surface area contributed by atoms with Crippen LogP contribution in [0.2, 0.25) is 0 Å². The topological polar surface area (TPSA) is 135 Å². The summed E-state index contributed by atoms with van der Waals surface area (Å²) in [5.41, 5.74) is 3.26. The van der Waals surface area contributed by atoms with Crippen molar-refractivity contribution in [3.05, 3.63) is 95.1 Å². The quantitative estimate of drug-likeness (QED) is 0.394. The molecule has 2 unspecified atom stereocenters. The third kappa shape index (κ3) is 7.15. The average Bonchev–Trinajstić information content (AvgIpc) is 2.99. The van der Waals surface area contributed by atoms with Crippen molar-refractivity contribution < 1.29 is 33.4 Å². The van der Waals surface area contributed by atoms with Crippen LogP contribution in [0.3, 0.4) is 0 Å². The molecule has 0 radical (unpaired) electrons. The number of aryl methyl sites for hydroxylation is 1. The average molecular weight is 556 g/mol. The van der Waals surface area contributed by atoms with E-state index in [0.29, 0.717) is 28.9 Å². The van der Waals surface area contributed by atoms with Gasteiger partial charge in [-0.2, -0.15) is 5.26 Å². The number of anilines is 2. The molecule has 2 atom stereocenters. The number of ether oxygens (including phenoxy) is 3. The third-order valence-corrected chi connectivity index (χ3v) is 6.45. The number of hydrogen-bond acceptors (Lipinski definition) is 8. The summed E-state index contributed by atoms with van der Waals surface area (Å²) in [6.45, 7) is 3.42. The summed E-state index contributed by atoms with van der Waals surface area (Å²) in [6.07, 6.45) is -2.38. The first kappa shape index (κ1) is 29.0. The Morgan fingerprint density at radius 3 is 2.49 bits per heavy atom. The molecule has 1 fully saturated rings. The molecule has 0 aliphatic carbocycles. The molecule has 210 valence electrons. The Labute approximate surface area is 237 Å². The number of hydrogen-bond donors (Lipinski definition) is 1. The molecular weight excluding hydrogens is 526 g/mol. The first-order chi connectivity index (χ1) is 19.8. The van der Waals surface area contributed by atoms with Gasteiger partial charge in [-0.25, -0.2) is 4.79 Å². The Hall–Kier alpha value is -5.01. The van der Waals surface area contributed by atoms with Crippen molar-refractivity contribution >= 4 is 35.1 Å². The molecule has 1 N–H and O–H groups in total. The van der Waals surface area contributed by atoms with E-state index in [1.165, 1.54) is 4.90 Å². The summed E-state index contributed by atoms with van der Waals surface area (Å²) in [5, 5.41) is 11.9. The van der Waals surface area contributed by atoms with Gasteiger partial charge in [0.1, 0.15) is 6.61 Å². The molecule has 0 spiro atoms. The van der Waals surface area contributed by atoms with Gasteiger partial charge >= 0.3 is 11.9 Å². The van der Waals surface area contributed by atoms with E-state index in [2.05, 4.69) is 11.4 Å². The molecule has 0 bridgehead atoms. The van der Waals surface area contributed by atoms with Gasteiger partial charge in [-0.15, -0.1) is 0 Å². The van der Waals surface area contributed by atoms with Gasteiger partial charge in [0, 0.05) is 24.8 Å². The minimum atomic E-state index is -1.56. The molecule has 0 saturated carbocycles. The summed E-state index contributed by atoms with van der Waals surface area (Å²) in [4.78, 5) is 52.5. The van der Waals surface area contributed by atoms with Gasteiger partial charge in [-0.05, 0) is 60.0 Å². The second-order valence-corrected chi connectivity index (χ2v) is 9.25. The number of benzene rings is 3. The van der Waals surface area contributed by atoms with Crippen LogP contribution in [0.1, 0.15) is 40.9 Å². The molecule has 10 nitrogen and oxygen atoms in total. The molecule has 1 aliphatic heterocycles. The standard InChI is InChI=1S/C31H29N3O7/c1-3-22-17-25(12-9-24(22)18-32)33-29(36)27(41-20(2)35)28-30(37)34(15-16-39-28)26-13-10-23(11-14-26)31(38)40-19-21-7-5-4-6-8-21/h4-14,17,27-28H,3,15-16,19H2,1-2H3,(H,33,36). The minimum absolute atomic E-state index is 0.0825. The Morgan fingerprint density at radius 2 is 1.83 bits per heavy atom. The monoisotopic (exact) mass is 555 g/mol. The number of rotatable bonds is 9. The molecule has 3 aromatic carbocycles.